The van der Waals surface area contributed by atoms with Crippen molar-refractivity contribution in [3.05, 3.63) is 12.1 Å². The lowest BCUT2D eigenvalue weighted by molar-refractivity contribution is 1.74. The van der Waals surface area contributed by atoms with Crippen LogP contribution in [0.25, 0.3) is 9.75 Å². The van der Waals surface area contributed by atoms with Crippen LogP contribution in [0.5, 0.6) is 0 Å². The molecule has 2 aromatic heterocycles. The number of rotatable bonds is 2. The minimum absolute atomic E-state index is 1.24. The van der Waals surface area contributed by atoms with Crippen LogP contribution in [0.15, 0.2) is 12.1 Å². The van der Waals surface area contributed by atoms with Crippen LogP contribution in [0, 0.1) is 0 Å². The van der Waals surface area contributed by atoms with E-state index < -0.39 is 31.3 Å². The number of hydrogen-bond donors (Lipinski definition) is 0. The quantitative estimate of drug-likeness (QED) is 0.623. The molecule has 0 amide bonds. The van der Waals surface area contributed by atoms with Crippen LogP contribution in [0.1, 0.15) is 0 Å². The first-order chi connectivity index (χ1) is 10.7. The summed E-state index contributed by atoms with van der Waals surface area (Å²) in [6, 6.07) is 5.34. The predicted octanol–water partition coefficient (Wildman–Crippen LogP) is 4.49. The first kappa shape index (κ1) is 19.0. The largest absolute Gasteiger partial charge is 0.144 e. The monoisotopic (exact) mass is 424 g/mol. The smallest absolute Gasteiger partial charge is 0.0904 e. The molecule has 3 rings (SSSR count). The zero-order chi connectivity index (χ0) is 18.3. The highest BCUT2D eigenvalue weighted by molar-refractivity contribution is 7.54. The van der Waals surface area contributed by atoms with Gasteiger partial charge in [-0.3, -0.25) is 0 Å². The SMILES string of the molecule is C[Si](C)(C)c1cc2c(s1)-c1sc([Si](C)(C)C)cc1[Si](C)(C)[Si]2(C)C. The predicted molar refractivity (Wildman–Crippen MR) is 128 cm³/mol. The Labute approximate surface area is 160 Å². The van der Waals surface area contributed by atoms with Gasteiger partial charge in [0, 0.05) is 9.75 Å². The molecule has 0 saturated carbocycles. The van der Waals surface area contributed by atoms with E-state index >= 15 is 0 Å². The Kier molecular flexibility index (Phi) is 4.28. The van der Waals surface area contributed by atoms with Crippen molar-refractivity contribution in [2.45, 2.75) is 65.5 Å². The fourth-order valence-corrected chi connectivity index (χ4v) is 21.5. The molecular formula is C18H32S2Si4. The molecule has 0 saturated heterocycles. The van der Waals surface area contributed by atoms with Crippen molar-refractivity contribution in [2.24, 2.45) is 0 Å². The average Bonchev–Trinajstić information content (AvgIpc) is 3.00. The van der Waals surface area contributed by atoms with E-state index in [0.29, 0.717) is 0 Å². The molecule has 0 atom stereocenters. The summed E-state index contributed by atoms with van der Waals surface area (Å²) in [5, 5.41) is 3.61. The Morgan fingerprint density at radius 3 is 1.17 bits per heavy atom. The normalized spacial score (nSPS) is 19.1. The molecule has 0 radical (unpaired) electrons. The van der Waals surface area contributed by atoms with Gasteiger partial charge in [0.2, 0.25) is 0 Å². The van der Waals surface area contributed by atoms with Crippen LogP contribution in [-0.4, -0.2) is 31.3 Å². The van der Waals surface area contributed by atoms with Gasteiger partial charge in [0.05, 0.1) is 31.3 Å². The number of hydrogen-bond acceptors (Lipinski definition) is 2. The maximum atomic E-state index is 2.67. The van der Waals surface area contributed by atoms with Crippen molar-refractivity contribution in [3.8, 4) is 9.75 Å². The third-order valence-electron chi connectivity index (χ3n) is 6.06. The highest BCUT2D eigenvalue weighted by Gasteiger charge is 2.51. The van der Waals surface area contributed by atoms with Crippen molar-refractivity contribution >= 4 is 73.4 Å². The molecule has 3 heterocycles. The molecule has 0 bridgehead atoms. The molecule has 0 spiro atoms. The van der Waals surface area contributed by atoms with Gasteiger partial charge in [0.25, 0.3) is 0 Å². The van der Waals surface area contributed by atoms with E-state index in [1.54, 1.807) is 29.1 Å². The lowest BCUT2D eigenvalue weighted by atomic mass is 10.4. The van der Waals surface area contributed by atoms with Crippen molar-refractivity contribution in [1.29, 1.82) is 0 Å². The molecule has 1 aliphatic heterocycles. The van der Waals surface area contributed by atoms with Gasteiger partial charge >= 0.3 is 0 Å². The molecule has 6 heteroatoms. The summed E-state index contributed by atoms with van der Waals surface area (Å²) in [6.07, 6.45) is 0. The minimum Gasteiger partial charge on any atom is -0.144 e. The first-order valence-corrected chi connectivity index (χ1v) is 24.6. The number of fused-ring (bicyclic) bond motifs is 3. The molecule has 0 N–H and O–H groups in total. The van der Waals surface area contributed by atoms with Gasteiger partial charge in [-0.15, -0.1) is 22.7 Å². The van der Waals surface area contributed by atoms with E-state index in [1.807, 2.05) is 0 Å². The van der Waals surface area contributed by atoms with Crippen molar-refractivity contribution in [2.75, 3.05) is 0 Å². The fourth-order valence-electron chi connectivity index (χ4n) is 3.46. The molecule has 1 aliphatic rings. The zero-order valence-corrected chi connectivity index (χ0v) is 22.6. The summed E-state index contributed by atoms with van der Waals surface area (Å²) < 4.78 is 3.43. The third kappa shape index (κ3) is 2.68. The third-order valence-corrected chi connectivity index (χ3v) is 33.6. The summed E-state index contributed by atoms with van der Waals surface area (Å²) in [5.41, 5.74) is 0. The summed E-state index contributed by atoms with van der Waals surface area (Å²) in [5.74, 6) is 0. The van der Waals surface area contributed by atoms with Gasteiger partial charge in [-0.1, -0.05) is 77.6 Å². The molecule has 0 unspecified atom stereocenters. The second kappa shape index (κ2) is 5.39. The summed E-state index contributed by atoms with van der Waals surface area (Å²) in [4.78, 5) is 3.36. The zero-order valence-electron chi connectivity index (χ0n) is 17.0. The van der Waals surface area contributed by atoms with E-state index in [0.717, 1.165) is 0 Å². The van der Waals surface area contributed by atoms with Crippen molar-refractivity contribution in [3.63, 3.8) is 0 Å². The second-order valence-electron chi connectivity index (χ2n) is 10.5. The molecule has 0 aliphatic carbocycles. The molecule has 0 nitrogen and oxygen atoms in total. The topological polar surface area (TPSA) is 0 Å². The fraction of sp³-hybridized carbons (Fsp3) is 0.556. The summed E-state index contributed by atoms with van der Waals surface area (Å²) in [6.45, 7) is 25.7. The van der Waals surface area contributed by atoms with Crippen molar-refractivity contribution in [1.82, 2.24) is 0 Å². The van der Waals surface area contributed by atoms with Gasteiger partial charge < -0.3 is 0 Å². The Bertz CT molecular complexity index is 730. The number of thiophene rings is 2. The van der Waals surface area contributed by atoms with E-state index in [2.05, 4.69) is 100 Å². The molecule has 0 aromatic carbocycles. The molecule has 0 fully saturated rings. The molecule has 2 aromatic rings. The summed E-state index contributed by atoms with van der Waals surface area (Å²) in [7, 11) is -5.28. The molecule has 24 heavy (non-hydrogen) atoms. The van der Waals surface area contributed by atoms with Gasteiger partial charge in [0.15, 0.2) is 0 Å². The maximum absolute atomic E-state index is 2.67. The standard InChI is InChI=1S/C18H32S2Si4/c1-21(2,3)15-11-13-17(19-15)18-14(24(9,10)23(13,7)8)12-16(20-18)22(4,5)6/h11-12H,1-10H3. The van der Waals surface area contributed by atoms with E-state index in [4.69, 9.17) is 0 Å². The Morgan fingerprint density at radius 2 is 0.917 bits per heavy atom. The van der Waals surface area contributed by atoms with Gasteiger partial charge in [-0.2, -0.15) is 0 Å². The highest BCUT2D eigenvalue weighted by atomic mass is 32.1. The van der Waals surface area contributed by atoms with Gasteiger partial charge in [0.1, 0.15) is 0 Å². The molecule has 132 valence electrons. The van der Waals surface area contributed by atoms with Crippen LogP contribution in [0.4, 0.5) is 0 Å². The lowest BCUT2D eigenvalue weighted by Crippen LogP contribution is -2.71. The van der Waals surface area contributed by atoms with Crippen LogP contribution in [-0.2, 0) is 0 Å². The maximum Gasteiger partial charge on any atom is 0.0904 e. The Balaban J connectivity index is 2.34. The highest BCUT2D eigenvalue weighted by Crippen LogP contribution is 2.38. The van der Waals surface area contributed by atoms with E-state index in [-0.39, 0.29) is 0 Å². The Morgan fingerprint density at radius 1 is 0.625 bits per heavy atom. The minimum atomic E-state index is -1.40. The Hall–Kier alpha value is 0.268. The first-order valence-electron chi connectivity index (χ1n) is 8.97. The van der Waals surface area contributed by atoms with Crippen LogP contribution < -0.4 is 19.4 Å². The van der Waals surface area contributed by atoms with Gasteiger partial charge in [-0.05, 0) is 19.4 Å². The van der Waals surface area contributed by atoms with Gasteiger partial charge in [-0.25, -0.2) is 0 Å². The average molecular weight is 425 g/mol. The van der Waals surface area contributed by atoms with E-state index in [1.165, 1.54) is 0 Å². The molecular weight excluding hydrogens is 393 g/mol. The lowest BCUT2D eigenvalue weighted by Gasteiger charge is -2.42. The van der Waals surface area contributed by atoms with Crippen molar-refractivity contribution < 1.29 is 0 Å². The van der Waals surface area contributed by atoms with Crippen LogP contribution in [0.3, 0.4) is 0 Å². The van der Waals surface area contributed by atoms with Crippen LogP contribution >= 0.6 is 22.7 Å². The summed E-state index contributed by atoms with van der Waals surface area (Å²) >= 11 is 4.31. The van der Waals surface area contributed by atoms with E-state index in [9.17, 15) is 0 Å². The van der Waals surface area contributed by atoms with Crippen LogP contribution in [0.2, 0.25) is 65.5 Å². The second-order valence-corrected chi connectivity index (χ2v) is 38.4.